The molecule has 108 valence electrons. The molecule has 7 heteroatoms. The van der Waals surface area contributed by atoms with E-state index in [9.17, 15) is 4.79 Å². The zero-order valence-corrected chi connectivity index (χ0v) is 12.4. The molecule has 20 heavy (non-hydrogen) atoms. The van der Waals surface area contributed by atoms with Crippen LogP contribution in [0.1, 0.15) is 19.2 Å². The molecular weight excluding hydrogens is 278 g/mol. The SMILES string of the molecule is CCCN(CC(=O)OC)Cc1noc(-c2cccs2)n1. The highest BCUT2D eigenvalue weighted by molar-refractivity contribution is 7.13. The number of hydrogen-bond acceptors (Lipinski definition) is 7. The van der Waals surface area contributed by atoms with Crippen molar-refractivity contribution in [2.24, 2.45) is 0 Å². The molecular formula is C13H17N3O3S. The highest BCUT2D eigenvalue weighted by Crippen LogP contribution is 2.22. The van der Waals surface area contributed by atoms with Gasteiger partial charge in [0.25, 0.3) is 5.89 Å². The lowest BCUT2D eigenvalue weighted by Gasteiger charge is -2.17. The summed E-state index contributed by atoms with van der Waals surface area (Å²) < 4.78 is 9.91. The van der Waals surface area contributed by atoms with Gasteiger partial charge >= 0.3 is 5.97 Å². The summed E-state index contributed by atoms with van der Waals surface area (Å²) in [5, 5.41) is 5.91. The van der Waals surface area contributed by atoms with E-state index in [1.807, 2.05) is 22.4 Å². The third-order valence-corrected chi connectivity index (χ3v) is 3.54. The van der Waals surface area contributed by atoms with E-state index in [1.165, 1.54) is 7.11 Å². The largest absolute Gasteiger partial charge is 0.468 e. The summed E-state index contributed by atoms with van der Waals surface area (Å²) in [6.07, 6.45) is 0.937. The van der Waals surface area contributed by atoms with E-state index in [2.05, 4.69) is 21.8 Å². The molecule has 0 N–H and O–H groups in total. The number of nitrogens with zero attached hydrogens (tertiary/aromatic N) is 3. The van der Waals surface area contributed by atoms with Crippen molar-refractivity contribution in [3.63, 3.8) is 0 Å². The summed E-state index contributed by atoms with van der Waals surface area (Å²) in [6, 6.07) is 3.87. The fraction of sp³-hybridized carbons (Fsp3) is 0.462. The topological polar surface area (TPSA) is 68.5 Å². The van der Waals surface area contributed by atoms with E-state index in [1.54, 1.807) is 11.3 Å². The van der Waals surface area contributed by atoms with Gasteiger partial charge in [-0.25, -0.2) is 0 Å². The Morgan fingerprint density at radius 1 is 1.55 bits per heavy atom. The Hall–Kier alpha value is -1.73. The molecule has 0 aliphatic heterocycles. The standard InChI is InChI=1S/C13H17N3O3S/c1-3-6-16(9-12(17)18-2)8-11-14-13(19-15-11)10-5-4-7-20-10/h4-5,7H,3,6,8-9H2,1-2H3. The zero-order chi connectivity index (χ0) is 14.4. The molecule has 0 radical (unpaired) electrons. The number of hydrogen-bond donors (Lipinski definition) is 0. The van der Waals surface area contributed by atoms with E-state index in [4.69, 9.17) is 4.52 Å². The molecule has 0 aliphatic rings. The van der Waals surface area contributed by atoms with Gasteiger partial charge in [0.1, 0.15) is 0 Å². The van der Waals surface area contributed by atoms with Crippen molar-refractivity contribution in [3.05, 3.63) is 23.3 Å². The average Bonchev–Trinajstić information content (AvgIpc) is 3.08. The second kappa shape index (κ2) is 7.16. The number of esters is 1. The molecule has 0 saturated heterocycles. The van der Waals surface area contributed by atoms with Crippen molar-refractivity contribution >= 4 is 17.3 Å². The maximum atomic E-state index is 11.4. The van der Waals surface area contributed by atoms with Crippen molar-refractivity contribution in [2.75, 3.05) is 20.2 Å². The first kappa shape index (κ1) is 14.7. The Balaban J connectivity index is 2.01. The summed E-state index contributed by atoms with van der Waals surface area (Å²) in [4.78, 5) is 18.6. The summed E-state index contributed by atoms with van der Waals surface area (Å²) in [5.74, 6) is 0.829. The zero-order valence-electron chi connectivity index (χ0n) is 11.5. The van der Waals surface area contributed by atoms with E-state index in [0.717, 1.165) is 17.8 Å². The van der Waals surface area contributed by atoms with Crippen LogP contribution in [0.2, 0.25) is 0 Å². The summed E-state index contributed by atoms with van der Waals surface area (Å²) in [6.45, 7) is 3.53. The lowest BCUT2D eigenvalue weighted by atomic mass is 10.4. The molecule has 2 aromatic rings. The van der Waals surface area contributed by atoms with Gasteiger partial charge in [-0.05, 0) is 24.4 Å². The molecule has 2 rings (SSSR count). The minimum absolute atomic E-state index is 0.229. The molecule has 0 aliphatic carbocycles. The monoisotopic (exact) mass is 295 g/mol. The highest BCUT2D eigenvalue weighted by Gasteiger charge is 2.15. The minimum Gasteiger partial charge on any atom is -0.468 e. The summed E-state index contributed by atoms with van der Waals surface area (Å²) in [7, 11) is 1.38. The van der Waals surface area contributed by atoms with E-state index >= 15 is 0 Å². The minimum atomic E-state index is -0.263. The van der Waals surface area contributed by atoms with Crippen molar-refractivity contribution in [2.45, 2.75) is 19.9 Å². The second-order valence-electron chi connectivity index (χ2n) is 4.28. The van der Waals surface area contributed by atoms with Crippen molar-refractivity contribution in [3.8, 4) is 10.8 Å². The molecule has 0 fully saturated rings. The first-order valence-corrected chi connectivity index (χ1v) is 7.26. The molecule has 0 spiro atoms. The Morgan fingerprint density at radius 2 is 2.40 bits per heavy atom. The molecule has 6 nitrogen and oxygen atoms in total. The molecule has 0 aromatic carbocycles. The lowest BCUT2D eigenvalue weighted by Crippen LogP contribution is -2.31. The normalized spacial score (nSPS) is 10.9. The molecule has 0 atom stereocenters. The van der Waals surface area contributed by atoms with Crippen LogP contribution in [-0.4, -0.2) is 41.2 Å². The van der Waals surface area contributed by atoms with Crippen LogP contribution in [0.4, 0.5) is 0 Å². The number of carbonyl (C=O) groups is 1. The summed E-state index contributed by atoms with van der Waals surface area (Å²) >= 11 is 1.55. The first-order valence-electron chi connectivity index (χ1n) is 6.38. The van der Waals surface area contributed by atoms with Crippen LogP contribution in [0.25, 0.3) is 10.8 Å². The van der Waals surface area contributed by atoms with Crippen LogP contribution in [-0.2, 0) is 16.1 Å². The average molecular weight is 295 g/mol. The van der Waals surface area contributed by atoms with Gasteiger partial charge < -0.3 is 9.26 Å². The number of aromatic nitrogens is 2. The van der Waals surface area contributed by atoms with E-state index in [0.29, 0.717) is 18.3 Å². The smallest absolute Gasteiger partial charge is 0.319 e. The van der Waals surface area contributed by atoms with Gasteiger partial charge in [-0.1, -0.05) is 18.1 Å². The predicted octanol–water partition coefficient (Wildman–Crippen LogP) is 2.18. The Morgan fingerprint density at radius 3 is 3.05 bits per heavy atom. The van der Waals surface area contributed by atoms with Crippen LogP contribution < -0.4 is 0 Å². The molecule has 0 unspecified atom stereocenters. The van der Waals surface area contributed by atoms with Crippen molar-refractivity contribution in [1.82, 2.24) is 15.0 Å². The molecule has 0 saturated carbocycles. The van der Waals surface area contributed by atoms with E-state index < -0.39 is 0 Å². The highest BCUT2D eigenvalue weighted by atomic mass is 32.1. The predicted molar refractivity (Wildman–Crippen MR) is 75.2 cm³/mol. The van der Waals surface area contributed by atoms with Gasteiger partial charge in [0.05, 0.1) is 25.1 Å². The first-order chi connectivity index (χ1) is 9.72. The lowest BCUT2D eigenvalue weighted by molar-refractivity contribution is -0.142. The second-order valence-corrected chi connectivity index (χ2v) is 5.23. The molecule has 0 bridgehead atoms. The van der Waals surface area contributed by atoms with Crippen molar-refractivity contribution < 1.29 is 14.1 Å². The number of ether oxygens (including phenoxy) is 1. The maximum Gasteiger partial charge on any atom is 0.319 e. The van der Waals surface area contributed by atoms with Crippen LogP contribution in [0.5, 0.6) is 0 Å². The summed E-state index contributed by atoms with van der Waals surface area (Å²) in [5.41, 5.74) is 0. The fourth-order valence-electron chi connectivity index (χ4n) is 1.80. The van der Waals surface area contributed by atoms with Gasteiger partial charge in [-0.2, -0.15) is 4.98 Å². The molecule has 2 aromatic heterocycles. The molecule has 2 heterocycles. The van der Waals surface area contributed by atoms with E-state index in [-0.39, 0.29) is 12.5 Å². The van der Waals surface area contributed by atoms with Crippen LogP contribution in [0, 0.1) is 0 Å². The number of methoxy groups -OCH3 is 1. The van der Waals surface area contributed by atoms with Crippen LogP contribution in [0.15, 0.2) is 22.0 Å². The Labute approximate surface area is 121 Å². The van der Waals surface area contributed by atoms with Gasteiger partial charge in [0.15, 0.2) is 5.82 Å². The van der Waals surface area contributed by atoms with Gasteiger partial charge in [-0.15, -0.1) is 11.3 Å². The Bertz CT molecular complexity index is 539. The number of rotatable bonds is 7. The third kappa shape index (κ3) is 3.88. The van der Waals surface area contributed by atoms with Crippen LogP contribution >= 0.6 is 11.3 Å². The van der Waals surface area contributed by atoms with Crippen LogP contribution in [0.3, 0.4) is 0 Å². The number of thiophene rings is 1. The fourth-order valence-corrected chi connectivity index (χ4v) is 2.44. The van der Waals surface area contributed by atoms with Gasteiger partial charge in [0, 0.05) is 0 Å². The number of carbonyl (C=O) groups excluding carboxylic acids is 1. The van der Waals surface area contributed by atoms with Gasteiger partial charge in [-0.3, -0.25) is 9.69 Å². The maximum absolute atomic E-state index is 11.4. The Kier molecular flexibility index (Phi) is 5.25. The van der Waals surface area contributed by atoms with Crippen molar-refractivity contribution in [1.29, 1.82) is 0 Å². The third-order valence-electron chi connectivity index (χ3n) is 2.69. The van der Waals surface area contributed by atoms with Gasteiger partial charge in [0.2, 0.25) is 0 Å². The molecule has 0 amide bonds. The quantitative estimate of drug-likeness (QED) is 0.729.